The molecule has 0 aliphatic heterocycles. The number of hydrogen-bond acceptors (Lipinski definition) is 3. The van der Waals surface area contributed by atoms with Crippen molar-refractivity contribution in [2.45, 2.75) is 32.8 Å². The molecule has 0 spiro atoms. The van der Waals surface area contributed by atoms with Gasteiger partial charge in [-0.2, -0.15) is 0 Å². The van der Waals surface area contributed by atoms with Crippen molar-refractivity contribution in [3.8, 4) is 5.75 Å². The normalized spacial score (nSPS) is 13.2. The van der Waals surface area contributed by atoms with Gasteiger partial charge in [0.15, 0.2) is 0 Å². The Morgan fingerprint density at radius 2 is 1.94 bits per heavy atom. The van der Waals surface area contributed by atoms with Crippen molar-refractivity contribution in [1.82, 2.24) is 9.88 Å². The van der Waals surface area contributed by atoms with E-state index in [9.17, 15) is 0 Å². The van der Waals surface area contributed by atoms with E-state index in [1.807, 2.05) is 32.4 Å². The molecule has 0 N–H and O–H groups in total. The molecule has 0 saturated heterocycles. The van der Waals surface area contributed by atoms with Gasteiger partial charge in [-0.1, -0.05) is 13.8 Å². The molecule has 0 aliphatic carbocycles. The molecule has 3 heteroatoms. The SMILES string of the molecule is CC(CN(C)C)Oc1ccc(C(C)C)nc1. The highest BCUT2D eigenvalue weighted by molar-refractivity contribution is 5.21. The van der Waals surface area contributed by atoms with Crippen LogP contribution in [0.1, 0.15) is 32.4 Å². The van der Waals surface area contributed by atoms with Crippen LogP contribution in [0.25, 0.3) is 0 Å². The molecule has 0 saturated carbocycles. The first kappa shape index (κ1) is 13.0. The number of rotatable bonds is 5. The Labute approximate surface area is 98.4 Å². The van der Waals surface area contributed by atoms with Gasteiger partial charge in [-0.3, -0.25) is 4.98 Å². The molecule has 1 rings (SSSR count). The van der Waals surface area contributed by atoms with E-state index in [0.29, 0.717) is 5.92 Å². The van der Waals surface area contributed by atoms with Crippen LogP contribution in [0.15, 0.2) is 18.3 Å². The number of aromatic nitrogens is 1. The van der Waals surface area contributed by atoms with Crippen molar-refractivity contribution in [3.63, 3.8) is 0 Å². The van der Waals surface area contributed by atoms with Crippen LogP contribution in [0.5, 0.6) is 5.75 Å². The summed E-state index contributed by atoms with van der Waals surface area (Å²) in [7, 11) is 4.08. The van der Waals surface area contributed by atoms with Crippen LogP contribution in [0.2, 0.25) is 0 Å². The van der Waals surface area contributed by atoms with Gasteiger partial charge in [-0.25, -0.2) is 0 Å². The maximum Gasteiger partial charge on any atom is 0.138 e. The summed E-state index contributed by atoms with van der Waals surface area (Å²) in [6, 6.07) is 4.02. The predicted octanol–water partition coefficient (Wildman–Crippen LogP) is 2.53. The minimum absolute atomic E-state index is 0.182. The fraction of sp³-hybridized carbons (Fsp3) is 0.615. The van der Waals surface area contributed by atoms with Gasteiger partial charge in [0.25, 0.3) is 0 Å². The summed E-state index contributed by atoms with van der Waals surface area (Å²) in [6.07, 6.45) is 1.99. The van der Waals surface area contributed by atoms with Gasteiger partial charge in [-0.15, -0.1) is 0 Å². The summed E-state index contributed by atoms with van der Waals surface area (Å²) in [5, 5.41) is 0. The number of ether oxygens (including phenoxy) is 1. The molecule has 0 radical (unpaired) electrons. The van der Waals surface area contributed by atoms with Gasteiger partial charge in [0.1, 0.15) is 11.9 Å². The van der Waals surface area contributed by atoms with Crippen molar-refractivity contribution in [1.29, 1.82) is 0 Å². The zero-order chi connectivity index (χ0) is 12.1. The molecule has 0 bridgehead atoms. The first-order valence-corrected chi connectivity index (χ1v) is 5.76. The highest BCUT2D eigenvalue weighted by Gasteiger charge is 2.06. The molecular formula is C13H22N2O. The van der Waals surface area contributed by atoms with Crippen LogP contribution in [-0.2, 0) is 0 Å². The van der Waals surface area contributed by atoms with Crippen molar-refractivity contribution in [2.75, 3.05) is 20.6 Å². The predicted molar refractivity (Wildman–Crippen MR) is 67.0 cm³/mol. The Hall–Kier alpha value is -1.09. The fourth-order valence-corrected chi connectivity index (χ4v) is 1.59. The lowest BCUT2D eigenvalue weighted by Gasteiger charge is -2.18. The fourth-order valence-electron chi connectivity index (χ4n) is 1.59. The molecule has 3 nitrogen and oxygen atoms in total. The molecule has 1 heterocycles. The molecule has 1 aromatic heterocycles. The third kappa shape index (κ3) is 4.19. The molecule has 0 aromatic carbocycles. The van der Waals surface area contributed by atoms with Crippen LogP contribution in [0, 0.1) is 0 Å². The number of likely N-dealkylation sites (N-methyl/N-ethyl adjacent to an activating group) is 1. The Balaban J connectivity index is 2.55. The topological polar surface area (TPSA) is 25.4 Å². The molecule has 16 heavy (non-hydrogen) atoms. The van der Waals surface area contributed by atoms with E-state index in [4.69, 9.17) is 4.74 Å². The number of pyridine rings is 1. The molecule has 0 fully saturated rings. The smallest absolute Gasteiger partial charge is 0.138 e. The lowest BCUT2D eigenvalue weighted by atomic mass is 10.1. The van der Waals surface area contributed by atoms with Crippen LogP contribution < -0.4 is 4.74 Å². The van der Waals surface area contributed by atoms with Crippen molar-refractivity contribution < 1.29 is 4.74 Å². The Kier molecular flexibility index (Phi) is 4.74. The molecule has 1 unspecified atom stereocenters. The summed E-state index contributed by atoms with van der Waals surface area (Å²) in [6.45, 7) is 7.25. The van der Waals surface area contributed by atoms with E-state index in [1.165, 1.54) is 0 Å². The summed E-state index contributed by atoms with van der Waals surface area (Å²) >= 11 is 0. The lowest BCUT2D eigenvalue weighted by Crippen LogP contribution is -2.28. The van der Waals surface area contributed by atoms with E-state index in [2.05, 4.69) is 30.7 Å². The van der Waals surface area contributed by atoms with Gasteiger partial charge in [0.2, 0.25) is 0 Å². The van der Waals surface area contributed by atoms with E-state index in [0.717, 1.165) is 18.0 Å². The zero-order valence-corrected chi connectivity index (χ0v) is 10.9. The average Bonchev–Trinajstić information content (AvgIpc) is 2.16. The second-order valence-electron chi connectivity index (χ2n) is 4.76. The second-order valence-corrected chi connectivity index (χ2v) is 4.76. The van der Waals surface area contributed by atoms with Gasteiger partial charge in [0.05, 0.1) is 6.20 Å². The molecular weight excluding hydrogens is 200 g/mol. The van der Waals surface area contributed by atoms with E-state index in [1.54, 1.807) is 0 Å². The monoisotopic (exact) mass is 222 g/mol. The van der Waals surface area contributed by atoms with Gasteiger partial charge in [0, 0.05) is 12.2 Å². The van der Waals surface area contributed by atoms with Gasteiger partial charge >= 0.3 is 0 Å². The van der Waals surface area contributed by atoms with Crippen LogP contribution in [-0.4, -0.2) is 36.6 Å². The standard InChI is InChI=1S/C13H22N2O/c1-10(2)13-7-6-12(8-14-13)16-11(3)9-15(4)5/h6-8,10-11H,9H2,1-5H3. The molecule has 1 atom stereocenters. The third-order valence-corrected chi connectivity index (χ3v) is 2.31. The average molecular weight is 222 g/mol. The molecule has 1 aromatic rings. The Morgan fingerprint density at radius 3 is 2.38 bits per heavy atom. The highest BCUT2D eigenvalue weighted by Crippen LogP contribution is 2.16. The minimum atomic E-state index is 0.182. The van der Waals surface area contributed by atoms with E-state index in [-0.39, 0.29) is 6.10 Å². The molecule has 0 aliphatic rings. The largest absolute Gasteiger partial charge is 0.488 e. The van der Waals surface area contributed by atoms with Crippen LogP contribution in [0.4, 0.5) is 0 Å². The van der Waals surface area contributed by atoms with Crippen LogP contribution >= 0.6 is 0 Å². The second kappa shape index (κ2) is 5.85. The summed E-state index contributed by atoms with van der Waals surface area (Å²) in [5.41, 5.74) is 1.10. The molecule has 90 valence electrons. The zero-order valence-electron chi connectivity index (χ0n) is 10.9. The Bertz CT molecular complexity index is 306. The Morgan fingerprint density at radius 1 is 1.25 bits per heavy atom. The highest BCUT2D eigenvalue weighted by atomic mass is 16.5. The van der Waals surface area contributed by atoms with Crippen molar-refractivity contribution >= 4 is 0 Å². The minimum Gasteiger partial charge on any atom is -0.488 e. The maximum atomic E-state index is 5.76. The summed E-state index contributed by atoms with van der Waals surface area (Å²) in [4.78, 5) is 6.48. The quantitative estimate of drug-likeness (QED) is 0.765. The van der Waals surface area contributed by atoms with E-state index >= 15 is 0 Å². The summed E-state index contributed by atoms with van der Waals surface area (Å²) in [5.74, 6) is 1.31. The third-order valence-electron chi connectivity index (χ3n) is 2.31. The van der Waals surface area contributed by atoms with E-state index < -0.39 is 0 Å². The van der Waals surface area contributed by atoms with Crippen molar-refractivity contribution in [3.05, 3.63) is 24.0 Å². The number of hydrogen-bond donors (Lipinski definition) is 0. The van der Waals surface area contributed by atoms with Gasteiger partial charge in [-0.05, 0) is 39.1 Å². The van der Waals surface area contributed by atoms with Crippen molar-refractivity contribution in [2.24, 2.45) is 0 Å². The van der Waals surface area contributed by atoms with Crippen LogP contribution in [0.3, 0.4) is 0 Å². The number of nitrogens with zero attached hydrogens (tertiary/aromatic N) is 2. The summed E-state index contributed by atoms with van der Waals surface area (Å²) < 4.78 is 5.76. The first-order valence-electron chi connectivity index (χ1n) is 5.76. The molecule has 0 amide bonds. The maximum absolute atomic E-state index is 5.76. The lowest BCUT2D eigenvalue weighted by molar-refractivity contribution is 0.176. The van der Waals surface area contributed by atoms with Gasteiger partial charge < -0.3 is 9.64 Å². The first-order chi connectivity index (χ1) is 7.49.